The topological polar surface area (TPSA) is 74.5 Å². The number of nitrogens with zero attached hydrogens (tertiary/aromatic N) is 3. The van der Waals surface area contributed by atoms with Crippen LogP contribution in [0.5, 0.6) is 0 Å². The van der Waals surface area contributed by atoms with Crippen LogP contribution in [0.3, 0.4) is 0 Å². The van der Waals surface area contributed by atoms with Crippen LogP contribution < -0.4 is 5.01 Å². The van der Waals surface area contributed by atoms with Crippen LogP contribution in [0.1, 0.15) is 23.7 Å². The molecule has 0 saturated heterocycles. The third-order valence-electron chi connectivity index (χ3n) is 3.62. The summed E-state index contributed by atoms with van der Waals surface area (Å²) >= 11 is 0. The lowest BCUT2D eigenvalue weighted by atomic mass is 10.0. The number of hydrogen-bond acceptors (Lipinski definition) is 5. The van der Waals surface area contributed by atoms with Gasteiger partial charge in [0.15, 0.2) is 0 Å². The molecule has 25 heavy (non-hydrogen) atoms. The zero-order valence-corrected chi connectivity index (χ0v) is 14.3. The number of allylic oxidation sites excluding steroid dienone is 3. The summed E-state index contributed by atoms with van der Waals surface area (Å²) in [5.74, 6) is -0.424. The molecule has 1 N–H and O–H groups in total. The molecule has 0 aliphatic carbocycles. The Labute approximate surface area is 147 Å². The fraction of sp³-hybridized carbons (Fsp3) is 0.211. The molecule has 1 atom stereocenters. The van der Waals surface area contributed by atoms with E-state index in [1.807, 2.05) is 31.2 Å². The SMILES string of the molecule is C=C(/C=C(\C/C=C\C)C1C=CN(c2cccc(C(=O)O)c2)N=N1)OC. The maximum atomic E-state index is 11.1. The summed E-state index contributed by atoms with van der Waals surface area (Å²) in [6.07, 6.45) is 10.2. The van der Waals surface area contributed by atoms with Crippen molar-refractivity contribution in [1.29, 1.82) is 0 Å². The molecule has 0 radical (unpaired) electrons. The highest BCUT2D eigenvalue weighted by Gasteiger charge is 2.16. The average molecular weight is 339 g/mol. The van der Waals surface area contributed by atoms with Crippen LogP contribution in [0, 0.1) is 0 Å². The van der Waals surface area contributed by atoms with Crippen LogP contribution in [-0.4, -0.2) is 24.2 Å². The fourth-order valence-electron chi connectivity index (χ4n) is 2.24. The second-order valence-corrected chi connectivity index (χ2v) is 5.35. The van der Waals surface area contributed by atoms with Gasteiger partial charge in [-0.1, -0.05) is 30.0 Å². The van der Waals surface area contributed by atoms with Crippen molar-refractivity contribution in [3.63, 3.8) is 0 Å². The molecule has 1 unspecified atom stereocenters. The number of ether oxygens (including phenoxy) is 1. The van der Waals surface area contributed by atoms with Gasteiger partial charge in [0.05, 0.1) is 18.4 Å². The van der Waals surface area contributed by atoms with Crippen molar-refractivity contribution in [2.45, 2.75) is 19.4 Å². The molecular formula is C19H21N3O3. The molecule has 6 nitrogen and oxygen atoms in total. The van der Waals surface area contributed by atoms with E-state index in [4.69, 9.17) is 9.84 Å². The van der Waals surface area contributed by atoms with Crippen LogP contribution in [0.15, 0.2) is 83.0 Å². The Kier molecular flexibility index (Phi) is 6.28. The van der Waals surface area contributed by atoms with Crippen molar-refractivity contribution in [3.8, 4) is 0 Å². The molecule has 0 bridgehead atoms. The first-order chi connectivity index (χ1) is 12.0. The van der Waals surface area contributed by atoms with Gasteiger partial charge in [0, 0.05) is 6.20 Å². The van der Waals surface area contributed by atoms with Crippen LogP contribution in [0.4, 0.5) is 5.69 Å². The number of methoxy groups -OCH3 is 1. The third-order valence-corrected chi connectivity index (χ3v) is 3.62. The summed E-state index contributed by atoms with van der Waals surface area (Å²) in [6, 6.07) is 6.32. The van der Waals surface area contributed by atoms with Crippen LogP contribution >= 0.6 is 0 Å². The Hall–Kier alpha value is -3.15. The first kappa shape index (κ1) is 18.2. The lowest BCUT2D eigenvalue weighted by molar-refractivity contribution is 0.0697. The summed E-state index contributed by atoms with van der Waals surface area (Å²) < 4.78 is 5.12. The molecular weight excluding hydrogens is 318 g/mol. The second kappa shape index (κ2) is 8.63. The molecule has 0 amide bonds. The van der Waals surface area contributed by atoms with Crippen LogP contribution in [-0.2, 0) is 4.74 Å². The van der Waals surface area contributed by atoms with E-state index in [-0.39, 0.29) is 11.6 Å². The van der Waals surface area contributed by atoms with E-state index in [1.54, 1.807) is 36.5 Å². The molecule has 1 aromatic rings. The van der Waals surface area contributed by atoms with Gasteiger partial charge in [0.1, 0.15) is 11.8 Å². The molecule has 1 aromatic carbocycles. The van der Waals surface area contributed by atoms with Crippen LogP contribution in [0.25, 0.3) is 0 Å². The van der Waals surface area contributed by atoms with Gasteiger partial charge in [-0.2, -0.15) is 5.11 Å². The molecule has 0 saturated carbocycles. The van der Waals surface area contributed by atoms with Gasteiger partial charge in [0.25, 0.3) is 0 Å². The van der Waals surface area contributed by atoms with E-state index in [0.29, 0.717) is 17.9 Å². The molecule has 0 aromatic heterocycles. The number of carboxylic acid groups (broad SMARTS) is 1. The highest BCUT2D eigenvalue weighted by atomic mass is 16.5. The first-order valence-corrected chi connectivity index (χ1v) is 7.81. The molecule has 1 heterocycles. The zero-order chi connectivity index (χ0) is 18.2. The Morgan fingerprint density at radius 2 is 2.28 bits per heavy atom. The van der Waals surface area contributed by atoms with Crippen molar-refractivity contribution in [2.75, 3.05) is 12.1 Å². The summed E-state index contributed by atoms with van der Waals surface area (Å²) in [5, 5.41) is 19.1. The lowest BCUT2D eigenvalue weighted by Crippen LogP contribution is -2.16. The zero-order valence-electron chi connectivity index (χ0n) is 14.3. The molecule has 130 valence electrons. The van der Waals surface area contributed by atoms with E-state index < -0.39 is 5.97 Å². The average Bonchev–Trinajstić information content (AvgIpc) is 2.65. The number of hydrogen-bond donors (Lipinski definition) is 1. The minimum atomic E-state index is -0.979. The standard InChI is InChI=1S/C19H21N3O3/c1-4-5-7-15(12-14(2)25-3)18-10-11-22(21-20-18)17-9-6-8-16(13-17)19(23)24/h4-6,8-13,18H,2,7H2,1,3H3,(H,23,24)/b5-4-,15-12+. The number of aromatic carboxylic acids is 1. The van der Waals surface area contributed by atoms with E-state index in [1.165, 1.54) is 6.07 Å². The minimum absolute atomic E-state index is 0.202. The molecule has 6 heteroatoms. The lowest BCUT2D eigenvalue weighted by Gasteiger charge is -2.21. The van der Waals surface area contributed by atoms with Crippen molar-refractivity contribution in [1.82, 2.24) is 0 Å². The number of anilines is 1. The van der Waals surface area contributed by atoms with Gasteiger partial charge in [-0.25, -0.2) is 9.80 Å². The normalized spacial score (nSPS) is 17.1. The quantitative estimate of drug-likeness (QED) is 0.451. The maximum Gasteiger partial charge on any atom is 0.335 e. The minimum Gasteiger partial charge on any atom is -0.497 e. The molecule has 0 fully saturated rings. The summed E-state index contributed by atoms with van der Waals surface area (Å²) in [6.45, 7) is 5.78. The maximum absolute atomic E-state index is 11.1. The Balaban J connectivity index is 2.19. The molecule has 1 aliphatic rings. The smallest absolute Gasteiger partial charge is 0.335 e. The van der Waals surface area contributed by atoms with Gasteiger partial charge in [-0.05, 0) is 49.3 Å². The molecule has 0 spiro atoms. The van der Waals surface area contributed by atoms with Crippen molar-refractivity contribution in [3.05, 3.63) is 78.2 Å². The molecule has 2 rings (SSSR count). The van der Waals surface area contributed by atoms with Crippen molar-refractivity contribution in [2.24, 2.45) is 10.3 Å². The summed E-state index contributed by atoms with van der Waals surface area (Å²) in [7, 11) is 1.57. The highest BCUT2D eigenvalue weighted by molar-refractivity contribution is 5.88. The summed E-state index contributed by atoms with van der Waals surface area (Å²) in [4.78, 5) is 11.1. The number of rotatable bonds is 7. The van der Waals surface area contributed by atoms with Gasteiger partial charge in [-0.15, -0.1) is 0 Å². The predicted molar refractivity (Wildman–Crippen MR) is 97.3 cm³/mol. The molecule has 1 aliphatic heterocycles. The van der Waals surface area contributed by atoms with Gasteiger partial charge in [0.2, 0.25) is 0 Å². The summed E-state index contributed by atoms with van der Waals surface area (Å²) in [5.41, 5.74) is 1.84. The van der Waals surface area contributed by atoms with E-state index in [0.717, 1.165) is 5.57 Å². The monoisotopic (exact) mass is 339 g/mol. The van der Waals surface area contributed by atoms with Crippen molar-refractivity contribution < 1.29 is 14.6 Å². The van der Waals surface area contributed by atoms with E-state index in [2.05, 4.69) is 16.9 Å². The third kappa shape index (κ3) is 4.91. The van der Waals surface area contributed by atoms with Crippen LogP contribution in [0.2, 0.25) is 0 Å². The van der Waals surface area contributed by atoms with Gasteiger partial charge >= 0.3 is 5.97 Å². The number of carbonyl (C=O) groups is 1. The van der Waals surface area contributed by atoms with Gasteiger partial charge < -0.3 is 9.84 Å². The second-order valence-electron chi connectivity index (χ2n) is 5.35. The predicted octanol–water partition coefficient (Wildman–Crippen LogP) is 4.51. The fourth-order valence-corrected chi connectivity index (χ4v) is 2.24. The Morgan fingerprint density at radius 3 is 2.88 bits per heavy atom. The highest BCUT2D eigenvalue weighted by Crippen LogP contribution is 2.24. The van der Waals surface area contributed by atoms with Gasteiger partial charge in [-0.3, -0.25) is 0 Å². The van der Waals surface area contributed by atoms with E-state index >= 15 is 0 Å². The van der Waals surface area contributed by atoms with Crippen molar-refractivity contribution >= 4 is 11.7 Å². The van der Waals surface area contributed by atoms with E-state index in [9.17, 15) is 4.79 Å². The Morgan fingerprint density at radius 1 is 1.48 bits per heavy atom. The number of carboxylic acids is 1. The number of benzene rings is 1. The first-order valence-electron chi connectivity index (χ1n) is 7.81. The largest absolute Gasteiger partial charge is 0.497 e. The Bertz CT molecular complexity index is 749.